The maximum absolute atomic E-state index is 5.24. The van der Waals surface area contributed by atoms with Gasteiger partial charge in [-0.1, -0.05) is 28.1 Å². The molecular formula is C13H12Br2N2OS2. The molecule has 20 heavy (non-hydrogen) atoms. The Bertz CT molecular complexity index is 644. The second-order valence-corrected chi connectivity index (χ2v) is 7.10. The molecule has 0 bridgehead atoms. The third kappa shape index (κ3) is 4.39. The van der Waals surface area contributed by atoms with Gasteiger partial charge < -0.3 is 9.72 Å². The summed E-state index contributed by atoms with van der Waals surface area (Å²) in [6.45, 7) is 0.475. The van der Waals surface area contributed by atoms with E-state index in [-0.39, 0.29) is 0 Å². The quantitative estimate of drug-likeness (QED) is 0.523. The molecule has 2 rings (SSSR count). The van der Waals surface area contributed by atoms with Crippen LogP contribution in [0.5, 0.6) is 0 Å². The summed E-state index contributed by atoms with van der Waals surface area (Å²) in [5.74, 6) is 1.58. The van der Waals surface area contributed by atoms with E-state index in [0.29, 0.717) is 11.2 Å². The number of ether oxygens (including phenoxy) is 1. The Labute approximate surface area is 143 Å². The lowest BCUT2D eigenvalue weighted by molar-refractivity contribution is 0.180. The van der Waals surface area contributed by atoms with Gasteiger partial charge in [0.25, 0.3) is 0 Å². The number of nitrogens with one attached hydrogen (secondary N) is 1. The van der Waals surface area contributed by atoms with Crippen LogP contribution in [-0.4, -0.2) is 17.1 Å². The second-order valence-electron chi connectivity index (χ2n) is 3.96. The molecule has 1 heterocycles. The maximum Gasteiger partial charge on any atom is 0.144 e. The van der Waals surface area contributed by atoms with E-state index in [1.54, 1.807) is 18.9 Å². The first kappa shape index (κ1) is 16.2. The van der Waals surface area contributed by atoms with Crippen molar-refractivity contribution in [3.05, 3.63) is 49.4 Å². The summed E-state index contributed by atoms with van der Waals surface area (Å²) < 4.78 is 7.58. The fraction of sp³-hybridized carbons (Fsp3) is 0.231. The lowest BCUT2D eigenvalue weighted by Gasteiger charge is -2.08. The van der Waals surface area contributed by atoms with Crippen LogP contribution in [-0.2, 0) is 17.1 Å². The SMILES string of the molecule is COCc1[nH]c(CSc2ccc(Br)cc2)nc(=S)c1Br. The predicted octanol–water partition coefficient (Wildman–Crippen LogP) is 5.10. The molecule has 0 amide bonds. The van der Waals surface area contributed by atoms with Crippen molar-refractivity contribution in [1.29, 1.82) is 0 Å². The maximum atomic E-state index is 5.24. The van der Waals surface area contributed by atoms with Crippen molar-refractivity contribution in [1.82, 2.24) is 9.97 Å². The molecule has 0 atom stereocenters. The second kappa shape index (κ2) is 7.70. The first-order valence-corrected chi connectivity index (χ1v) is 8.73. The topological polar surface area (TPSA) is 37.9 Å². The number of aromatic amines is 1. The molecule has 0 aliphatic rings. The van der Waals surface area contributed by atoms with Crippen LogP contribution in [0.4, 0.5) is 0 Å². The van der Waals surface area contributed by atoms with Gasteiger partial charge in [0.15, 0.2) is 0 Å². The van der Waals surface area contributed by atoms with Crippen LogP contribution in [0.2, 0.25) is 0 Å². The van der Waals surface area contributed by atoms with Crippen LogP contribution in [0.15, 0.2) is 38.1 Å². The van der Waals surface area contributed by atoms with Crippen molar-refractivity contribution in [3.8, 4) is 0 Å². The van der Waals surface area contributed by atoms with E-state index in [1.807, 2.05) is 12.1 Å². The summed E-state index contributed by atoms with van der Waals surface area (Å²) >= 11 is 13.8. The molecule has 7 heteroatoms. The Kier molecular flexibility index (Phi) is 6.22. The first-order chi connectivity index (χ1) is 9.60. The summed E-state index contributed by atoms with van der Waals surface area (Å²) in [5.41, 5.74) is 0.916. The third-order valence-electron chi connectivity index (χ3n) is 2.46. The van der Waals surface area contributed by atoms with E-state index in [4.69, 9.17) is 17.0 Å². The molecule has 0 saturated carbocycles. The summed E-state index contributed by atoms with van der Waals surface area (Å²) in [7, 11) is 1.65. The zero-order valence-electron chi connectivity index (χ0n) is 10.7. The molecule has 0 aliphatic carbocycles. The lowest BCUT2D eigenvalue weighted by atomic mass is 10.4. The van der Waals surface area contributed by atoms with Crippen molar-refractivity contribution >= 4 is 55.8 Å². The number of halogens is 2. The largest absolute Gasteiger partial charge is 0.378 e. The molecule has 2 aromatic rings. The highest BCUT2D eigenvalue weighted by molar-refractivity contribution is 9.10. The fourth-order valence-electron chi connectivity index (χ4n) is 1.55. The number of aromatic nitrogens is 2. The zero-order valence-corrected chi connectivity index (χ0v) is 15.5. The molecule has 106 valence electrons. The molecule has 1 N–H and O–H groups in total. The van der Waals surface area contributed by atoms with Crippen LogP contribution < -0.4 is 0 Å². The van der Waals surface area contributed by atoms with Crippen molar-refractivity contribution in [3.63, 3.8) is 0 Å². The lowest BCUT2D eigenvalue weighted by Crippen LogP contribution is -2.01. The minimum absolute atomic E-state index is 0.475. The average Bonchev–Trinajstić information content (AvgIpc) is 2.44. The van der Waals surface area contributed by atoms with Crippen LogP contribution in [0.25, 0.3) is 0 Å². The number of hydrogen-bond acceptors (Lipinski definition) is 4. The highest BCUT2D eigenvalue weighted by Gasteiger charge is 2.06. The standard InChI is InChI=1S/C13H12Br2N2OS2/c1-18-6-10-12(15)13(19)17-11(16-10)7-20-9-4-2-8(14)3-5-9/h2-5H,6-7H2,1H3,(H,16,17,19). The molecule has 0 aliphatic heterocycles. The Balaban J connectivity index is 2.13. The van der Waals surface area contributed by atoms with Gasteiger partial charge in [-0.05, 0) is 40.2 Å². The van der Waals surface area contributed by atoms with E-state index in [1.165, 1.54) is 4.90 Å². The number of thioether (sulfide) groups is 1. The number of rotatable bonds is 5. The molecule has 0 spiro atoms. The Hall–Kier alpha value is -0.210. The van der Waals surface area contributed by atoms with Gasteiger partial charge in [0.2, 0.25) is 0 Å². The van der Waals surface area contributed by atoms with E-state index in [9.17, 15) is 0 Å². The van der Waals surface area contributed by atoms with Gasteiger partial charge in [0.1, 0.15) is 10.5 Å². The first-order valence-electron chi connectivity index (χ1n) is 5.75. The molecule has 0 saturated heterocycles. The number of benzene rings is 1. The van der Waals surface area contributed by atoms with Crippen molar-refractivity contribution < 1.29 is 4.74 Å². The van der Waals surface area contributed by atoms with Gasteiger partial charge in [-0.3, -0.25) is 0 Å². The Morgan fingerprint density at radius 3 is 2.65 bits per heavy atom. The number of nitrogens with zero attached hydrogens (tertiary/aromatic N) is 1. The van der Waals surface area contributed by atoms with Gasteiger partial charge >= 0.3 is 0 Å². The van der Waals surface area contributed by atoms with Crippen LogP contribution in [0.3, 0.4) is 0 Å². The number of hydrogen-bond donors (Lipinski definition) is 1. The number of H-pyrrole nitrogens is 1. The third-order valence-corrected chi connectivity index (χ3v) is 5.43. The van der Waals surface area contributed by atoms with E-state index in [2.05, 4.69) is 54.0 Å². The fourth-order valence-corrected chi connectivity index (χ4v) is 3.12. The molecule has 1 aromatic carbocycles. The zero-order chi connectivity index (χ0) is 14.5. The van der Waals surface area contributed by atoms with Gasteiger partial charge in [0.05, 0.1) is 22.5 Å². The van der Waals surface area contributed by atoms with Crippen molar-refractivity contribution in [2.45, 2.75) is 17.3 Å². The molecular weight excluding hydrogens is 424 g/mol. The Morgan fingerprint density at radius 1 is 1.30 bits per heavy atom. The summed E-state index contributed by atoms with van der Waals surface area (Å²) in [4.78, 5) is 8.82. The monoisotopic (exact) mass is 434 g/mol. The molecule has 3 nitrogen and oxygen atoms in total. The summed E-state index contributed by atoms with van der Waals surface area (Å²) in [6, 6.07) is 8.18. The molecule has 0 fully saturated rings. The Morgan fingerprint density at radius 2 is 2.00 bits per heavy atom. The van der Waals surface area contributed by atoms with Gasteiger partial charge in [0, 0.05) is 16.5 Å². The smallest absolute Gasteiger partial charge is 0.144 e. The highest BCUT2D eigenvalue weighted by atomic mass is 79.9. The predicted molar refractivity (Wildman–Crippen MR) is 91.5 cm³/mol. The van der Waals surface area contributed by atoms with Gasteiger partial charge in [-0.25, -0.2) is 4.98 Å². The van der Waals surface area contributed by atoms with E-state index >= 15 is 0 Å². The van der Waals surface area contributed by atoms with Crippen molar-refractivity contribution in [2.75, 3.05) is 7.11 Å². The van der Waals surface area contributed by atoms with Crippen molar-refractivity contribution in [2.24, 2.45) is 0 Å². The minimum atomic E-state index is 0.475. The highest BCUT2D eigenvalue weighted by Crippen LogP contribution is 2.24. The van der Waals surface area contributed by atoms with Crippen LogP contribution in [0.1, 0.15) is 11.5 Å². The molecule has 1 aromatic heterocycles. The molecule has 0 unspecified atom stereocenters. The number of methoxy groups -OCH3 is 1. The van der Waals surface area contributed by atoms with E-state index in [0.717, 1.165) is 26.2 Å². The van der Waals surface area contributed by atoms with Crippen LogP contribution >= 0.6 is 55.8 Å². The normalized spacial score (nSPS) is 10.8. The average molecular weight is 436 g/mol. The van der Waals surface area contributed by atoms with Gasteiger partial charge in [-0.2, -0.15) is 0 Å². The summed E-state index contributed by atoms with van der Waals surface area (Å²) in [6.07, 6.45) is 0. The van der Waals surface area contributed by atoms with Gasteiger partial charge in [-0.15, -0.1) is 11.8 Å². The summed E-state index contributed by atoms with van der Waals surface area (Å²) in [5, 5.41) is 0. The minimum Gasteiger partial charge on any atom is -0.378 e. The van der Waals surface area contributed by atoms with Crippen LogP contribution in [0, 0.1) is 4.64 Å². The molecule has 0 radical (unpaired) electrons. The van der Waals surface area contributed by atoms with E-state index < -0.39 is 0 Å².